The highest BCUT2D eigenvalue weighted by Crippen LogP contribution is 2.45. The molecule has 0 fully saturated rings. The topological polar surface area (TPSA) is 71.1 Å². The van der Waals surface area contributed by atoms with Crippen LogP contribution in [0.25, 0.3) is 43.1 Å². The molecule has 0 amide bonds. The van der Waals surface area contributed by atoms with Crippen LogP contribution in [0.15, 0.2) is 121 Å². The van der Waals surface area contributed by atoms with Gasteiger partial charge in [-0.15, -0.1) is 0 Å². The fourth-order valence-corrected chi connectivity index (χ4v) is 5.63. The summed E-state index contributed by atoms with van der Waals surface area (Å²) in [5.74, 6) is 1.41. The van der Waals surface area contributed by atoms with Gasteiger partial charge in [0.2, 0.25) is 0 Å². The summed E-state index contributed by atoms with van der Waals surface area (Å²) in [7, 11) is 0. The molecule has 44 heavy (non-hydrogen) atoms. The maximum absolute atomic E-state index is 13.3. The maximum Gasteiger partial charge on any atom is 0.519 e. The lowest BCUT2D eigenvalue weighted by Crippen LogP contribution is -2.16. The van der Waals surface area contributed by atoms with Crippen molar-refractivity contribution in [3.8, 4) is 23.0 Å². The minimum Gasteiger partial charge on any atom is -0.394 e. The van der Waals surface area contributed by atoms with Gasteiger partial charge in [0.1, 0.15) is 17.2 Å². The number of hydrogen-bond donors (Lipinski definition) is 0. The van der Waals surface area contributed by atoms with Gasteiger partial charge in [0, 0.05) is 32.3 Å². The molecular formula is C38H26O6. The zero-order valence-electron chi connectivity index (χ0n) is 24.0. The van der Waals surface area contributed by atoms with E-state index in [1.807, 2.05) is 123 Å². The third kappa shape index (κ3) is 4.82. The van der Waals surface area contributed by atoms with Crippen molar-refractivity contribution in [2.45, 2.75) is 13.8 Å². The first kappa shape index (κ1) is 27.0. The summed E-state index contributed by atoms with van der Waals surface area (Å²) in [6.45, 7) is 3.91. The Morgan fingerprint density at radius 1 is 0.432 bits per heavy atom. The smallest absolute Gasteiger partial charge is 0.394 e. The van der Waals surface area contributed by atoms with Crippen LogP contribution in [-0.4, -0.2) is 12.3 Å². The Morgan fingerprint density at radius 2 is 0.886 bits per heavy atom. The fraction of sp³-hybridized carbons (Fsp3) is 0.0526. The lowest BCUT2D eigenvalue weighted by Gasteiger charge is -2.18. The van der Waals surface area contributed by atoms with Crippen LogP contribution in [0.3, 0.4) is 0 Å². The Balaban J connectivity index is 1.30. The molecule has 0 spiro atoms. The molecule has 0 saturated heterocycles. The van der Waals surface area contributed by atoms with Gasteiger partial charge in [-0.2, -0.15) is 0 Å². The molecule has 0 unspecified atom stereocenters. The average molecular weight is 579 g/mol. The molecule has 7 aromatic rings. The molecule has 0 atom stereocenters. The van der Waals surface area contributed by atoms with E-state index in [1.54, 1.807) is 12.1 Å². The van der Waals surface area contributed by atoms with Crippen LogP contribution in [0.1, 0.15) is 11.1 Å². The molecule has 0 aromatic heterocycles. The predicted molar refractivity (Wildman–Crippen MR) is 172 cm³/mol. The first-order chi connectivity index (χ1) is 21.5. The van der Waals surface area contributed by atoms with E-state index in [1.165, 1.54) is 0 Å². The lowest BCUT2D eigenvalue weighted by atomic mass is 9.95. The maximum atomic E-state index is 13.3. The summed E-state index contributed by atoms with van der Waals surface area (Å²) < 4.78 is 23.4. The fourth-order valence-electron chi connectivity index (χ4n) is 5.63. The van der Waals surface area contributed by atoms with Crippen molar-refractivity contribution in [2.75, 3.05) is 0 Å². The van der Waals surface area contributed by atoms with Crippen LogP contribution in [0.4, 0.5) is 9.59 Å². The van der Waals surface area contributed by atoms with E-state index < -0.39 is 12.3 Å². The van der Waals surface area contributed by atoms with E-state index >= 15 is 0 Å². The van der Waals surface area contributed by atoms with Crippen molar-refractivity contribution >= 4 is 55.4 Å². The van der Waals surface area contributed by atoms with Crippen molar-refractivity contribution in [2.24, 2.45) is 0 Å². The summed E-state index contributed by atoms with van der Waals surface area (Å²) >= 11 is 0. The number of carbonyl (C=O) groups excluding carboxylic acids is 2. The van der Waals surface area contributed by atoms with Gasteiger partial charge in [-0.25, -0.2) is 9.59 Å². The molecule has 6 nitrogen and oxygen atoms in total. The summed E-state index contributed by atoms with van der Waals surface area (Å²) in [6, 6.07) is 37.4. The van der Waals surface area contributed by atoms with Crippen molar-refractivity contribution in [1.29, 1.82) is 0 Å². The van der Waals surface area contributed by atoms with Crippen LogP contribution in [0.5, 0.6) is 23.0 Å². The molecule has 0 aliphatic carbocycles. The minimum atomic E-state index is -0.880. The van der Waals surface area contributed by atoms with Crippen LogP contribution in [0.2, 0.25) is 0 Å². The molecule has 7 rings (SSSR count). The first-order valence-electron chi connectivity index (χ1n) is 14.2. The number of hydrogen-bond acceptors (Lipinski definition) is 6. The molecule has 0 saturated carbocycles. The minimum absolute atomic E-state index is 0.304. The van der Waals surface area contributed by atoms with Crippen molar-refractivity contribution in [3.05, 3.63) is 132 Å². The van der Waals surface area contributed by atoms with E-state index in [0.29, 0.717) is 44.5 Å². The lowest BCUT2D eigenvalue weighted by molar-refractivity contribution is 0.151. The molecule has 0 aliphatic rings. The Labute approximate surface area is 253 Å². The van der Waals surface area contributed by atoms with Gasteiger partial charge in [-0.05, 0) is 47.9 Å². The van der Waals surface area contributed by atoms with Gasteiger partial charge in [0.15, 0.2) is 5.75 Å². The monoisotopic (exact) mass is 578 g/mol. The SMILES string of the molecule is Cc1ccc2c(OC(=O)Oc3cccc4ccccc34)c3ccccc3c(OC(=O)Oc3cccc4ccccc34)c2c1C. The summed E-state index contributed by atoms with van der Waals surface area (Å²) in [4.78, 5) is 26.6. The Kier molecular flexibility index (Phi) is 6.79. The molecule has 0 heterocycles. The second-order valence-corrected chi connectivity index (χ2v) is 10.5. The highest BCUT2D eigenvalue weighted by molar-refractivity contribution is 6.14. The molecule has 6 heteroatoms. The van der Waals surface area contributed by atoms with Gasteiger partial charge in [-0.3, -0.25) is 0 Å². The largest absolute Gasteiger partial charge is 0.519 e. The van der Waals surface area contributed by atoms with Gasteiger partial charge < -0.3 is 18.9 Å². The summed E-state index contributed by atoms with van der Waals surface area (Å²) in [6.07, 6.45) is -1.76. The standard InChI is InChI=1S/C38H26O6/c1-23-21-22-31-34(24(23)2)36(44-38(40)42-33-20-10-14-26-12-4-6-16-28(26)33)30-18-8-7-17-29(30)35(31)43-37(39)41-32-19-9-13-25-11-3-5-15-27(25)32/h3-22H,1-2H3. The second-order valence-electron chi connectivity index (χ2n) is 10.5. The molecule has 0 aliphatic heterocycles. The van der Waals surface area contributed by atoms with Gasteiger partial charge in [0.05, 0.1) is 0 Å². The number of ether oxygens (including phenoxy) is 4. The van der Waals surface area contributed by atoms with Crippen LogP contribution in [-0.2, 0) is 0 Å². The zero-order valence-corrected chi connectivity index (χ0v) is 24.0. The van der Waals surface area contributed by atoms with E-state index in [9.17, 15) is 9.59 Å². The zero-order chi connectivity index (χ0) is 30.2. The molecule has 0 N–H and O–H groups in total. The second kappa shape index (κ2) is 11.1. The summed E-state index contributed by atoms with van der Waals surface area (Å²) in [5, 5.41) is 5.85. The molecular weight excluding hydrogens is 552 g/mol. The predicted octanol–water partition coefficient (Wildman–Crippen LogP) is 10.1. The van der Waals surface area contributed by atoms with Crippen LogP contribution in [0, 0.1) is 13.8 Å². The van der Waals surface area contributed by atoms with E-state index in [-0.39, 0.29) is 0 Å². The van der Waals surface area contributed by atoms with Crippen molar-refractivity contribution in [3.63, 3.8) is 0 Å². The highest BCUT2D eigenvalue weighted by atomic mass is 16.7. The first-order valence-corrected chi connectivity index (χ1v) is 14.2. The number of benzene rings is 7. The van der Waals surface area contributed by atoms with E-state index in [0.717, 1.165) is 32.7 Å². The molecule has 0 radical (unpaired) electrons. The van der Waals surface area contributed by atoms with E-state index in [2.05, 4.69) is 0 Å². The number of aryl methyl sites for hydroxylation is 2. The van der Waals surface area contributed by atoms with Gasteiger partial charge in [0.25, 0.3) is 0 Å². The average Bonchev–Trinajstić information content (AvgIpc) is 3.04. The van der Waals surface area contributed by atoms with E-state index in [4.69, 9.17) is 18.9 Å². The van der Waals surface area contributed by atoms with Crippen LogP contribution < -0.4 is 18.9 Å². The van der Waals surface area contributed by atoms with Crippen molar-refractivity contribution < 1.29 is 28.5 Å². The van der Waals surface area contributed by atoms with Gasteiger partial charge in [-0.1, -0.05) is 109 Å². The molecule has 7 aromatic carbocycles. The third-order valence-electron chi connectivity index (χ3n) is 7.88. The molecule has 0 bridgehead atoms. The summed E-state index contributed by atoms with van der Waals surface area (Å²) in [5.41, 5.74) is 1.85. The molecule has 214 valence electrons. The Hall–Kier alpha value is -5.88. The Morgan fingerprint density at radius 3 is 1.45 bits per heavy atom. The number of rotatable bonds is 4. The van der Waals surface area contributed by atoms with Crippen LogP contribution >= 0.6 is 0 Å². The third-order valence-corrected chi connectivity index (χ3v) is 7.88. The number of fused-ring (bicyclic) bond motifs is 4. The Bertz CT molecular complexity index is 2240. The normalized spacial score (nSPS) is 11.1. The van der Waals surface area contributed by atoms with Crippen molar-refractivity contribution in [1.82, 2.24) is 0 Å². The van der Waals surface area contributed by atoms with Gasteiger partial charge >= 0.3 is 12.3 Å². The highest BCUT2D eigenvalue weighted by Gasteiger charge is 2.24. The quantitative estimate of drug-likeness (QED) is 0.118. The number of carbonyl (C=O) groups is 2.